The topological polar surface area (TPSA) is 17.1 Å². The van der Waals surface area contributed by atoms with Crippen molar-refractivity contribution < 1.29 is 4.79 Å². The van der Waals surface area contributed by atoms with Gasteiger partial charge in [0.15, 0.2) is 5.78 Å². The molecule has 0 bridgehead atoms. The van der Waals surface area contributed by atoms with Gasteiger partial charge in [-0.3, -0.25) is 4.79 Å². The molecule has 1 atom stereocenters. The van der Waals surface area contributed by atoms with E-state index in [1.54, 1.807) is 11.8 Å². The van der Waals surface area contributed by atoms with Gasteiger partial charge in [0.2, 0.25) is 0 Å². The Morgan fingerprint density at radius 3 is 2.35 bits per heavy atom. The zero-order valence-electron chi connectivity index (χ0n) is 10.6. The Balaban J connectivity index is 2.49. The number of halogens is 1. The first kappa shape index (κ1) is 14.8. The van der Waals surface area contributed by atoms with Gasteiger partial charge in [0.25, 0.3) is 0 Å². The highest BCUT2D eigenvalue weighted by Crippen LogP contribution is 2.20. The maximum atomic E-state index is 12.1. The first-order chi connectivity index (χ1) is 8.00. The highest BCUT2D eigenvalue weighted by atomic mass is 79.9. The van der Waals surface area contributed by atoms with Crippen molar-refractivity contribution in [2.24, 2.45) is 5.92 Å². The van der Waals surface area contributed by atoms with Gasteiger partial charge in [-0.2, -0.15) is 11.8 Å². The van der Waals surface area contributed by atoms with Gasteiger partial charge in [-0.1, -0.05) is 41.9 Å². The molecule has 1 nitrogen and oxygen atoms in total. The summed E-state index contributed by atoms with van der Waals surface area (Å²) in [5, 5.41) is 0.0509. The van der Waals surface area contributed by atoms with Crippen LogP contribution >= 0.6 is 27.7 Å². The molecule has 0 spiro atoms. The lowest BCUT2D eigenvalue weighted by Gasteiger charge is -2.11. The van der Waals surface area contributed by atoms with Crippen molar-refractivity contribution in [3.05, 3.63) is 34.3 Å². The van der Waals surface area contributed by atoms with Crippen LogP contribution < -0.4 is 0 Å². The molecule has 17 heavy (non-hydrogen) atoms. The number of carbonyl (C=O) groups excluding carboxylic acids is 1. The van der Waals surface area contributed by atoms with E-state index in [-0.39, 0.29) is 11.0 Å². The fourth-order valence-corrected chi connectivity index (χ4v) is 2.92. The molecule has 0 aliphatic rings. The van der Waals surface area contributed by atoms with Crippen LogP contribution in [-0.4, -0.2) is 16.8 Å². The molecule has 0 heterocycles. The quantitative estimate of drug-likeness (QED) is 0.701. The molecule has 0 N–H and O–H groups in total. The minimum atomic E-state index is 0.0509. The Bertz CT molecular complexity index is 359. The van der Waals surface area contributed by atoms with Crippen molar-refractivity contribution in [2.45, 2.75) is 32.4 Å². The molecule has 1 aromatic carbocycles. The Labute approximate surface area is 117 Å². The molecule has 0 radical (unpaired) electrons. The molecule has 0 aromatic heterocycles. The van der Waals surface area contributed by atoms with Crippen molar-refractivity contribution in [3.8, 4) is 0 Å². The van der Waals surface area contributed by atoms with E-state index in [9.17, 15) is 4.79 Å². The Hall–Kier alpha value is -0.280. The lowest BCUT2D eigenvalue weighted by atomic mass is 10.1. The van der Waals surface area contributed by atoms with Crippen molar-refractivity contribution in [1.82, 2.24) is 0 Å². The van der Waals surface area contributed by atoms with E-state index in [1.807, 2.05) is 31.2 Å². The van der Waals surface area contributed by atoms with Crippen LogP contribution in [0.3, 0.4) is 0 Å². The molecular formula is C14H19BrOS. The zero-order valence-corrected chi connectivity index (χ0v) is 13.0. The largest absolute Gasteiger partial charge is 0.293 e. The minimum absolute atomic E-state index is 0.0509. The first-order valence-electron chi connectivity index (χ1n) is 5.92. The summed E-state index contributed by atoms with van der Waals surface area (Å²) in [4.78, 5) is 12.1. The molecule has 94 valence electrons. The molecule has 1 rings (SSSR count). The third-order valence-corrected chi connectivity index (χ3v) is 4.28. The zero-order chi connectivity index (χ0) is 12.8. The number of rotatable bonds is 6. The predicted molar refractivity (Wildman–Crippen MR) is 79.8 cm³/mol. The summed E-state index contributed by atoms with van der Waals surface area (Å²) in [6.45, 7) is 6.42. The number of benzene rings is 1. The maximum absolute atomic E-state index is 12.1. The predicted octanol–water partition coefficient (Wildman–Crippen LogP) is 4.80. The Kier molecular flexibility index (Phi) is 6.28. The monoisotopic (exact) mass is 314 g/mol. The number of ketones is 1. The molecule has 0 saturated carbocycles. The van der Waals surface area contributed by atoms with Gasteiger partial charge in [0.05, 0.1) is 5.25 Å². The summed E-state index contributed by atoms with van der Waals surface area (Å²) < 4.78 is 1.01. The van der Waals surface area contributed by atoms with E-state index in [2.05, 4.69) is 29.8 Å². The normalized spacial score (nSPS) is 12.8. The molecule has 0 aliphatic heterocycles. The van der Waals surface area contributed by atoms with Crippen LogP contribution in [0.25, 0.3) is 0 Å². The van der Waals surface area contributed by atoms with Crippen molar-refractivity contribution in [3.63, 3.8) is 0 Å². The van der Waals surface area contributed by atoms with Gasteiger partial charge in [0, 0.05) is 10.0 Å². The molecule has 0 saturated heterocycles. The third kappa shape index (κ3) is 5.26. The maximum Gasteiger partial charge on any atom is 0.175 e. The Morgan fingerprint density at radius 2 is 1.82 bits per heavy atom. The summed E-state index contributed by atoms with van der Waals surface area (Å²) in [5.74, 6) is 1.99. The molecule has 0 aliphatic carbocycles. The molecule has 0 amide bonds. The average Bonchev–Trinajstić information content (AvgIpc) is 2.28. The number of hydrogen-bond donors (Lipinski definition) is 0. The molecule has 3 heteroatoms. The highest BCUT2D eigenvalue weighted by Gasteiger charge is 2.15. The van der Waals surface area contributed by atoms with E-state index in [4.69, 9.17) is 0 Å². The van der Waals surface area contributed by atoms with Crippen LogP contribution in [0.5, 0.6) is 0 Å². The van der Waals surface area contributed by atoms with Crippen LogP contribution in [0.2, 0.25) is 0 Å². The van der Waals surface area contributed by atoms with Gasteiger partial charge in [0.1, 0.15) is 0 Å². The van der Waals surface area contributed by atoms with E-state index in [0.29, 0.717) is 5.92 Å². The van der Waals surface area contributed by atoms with Gasteiger partial charge >= 0.3 is 0 Å². The van der Waals surface area contributed by atoms with E-state index < -0.39 is 0 Å². The summed E-state index contributed by atoms with van der Waals surface area (Å²) in [6, 6.07) is 7.59. The molecule has 1 aromatic rings. The first-order valence-corrected chi connectivity index (χ1v) is 7.76. The van der Waals surface area contributed by atoms with Gasteiger partial charge < -0.3 is 0 Å². The number of thioether (sulfide) groups is 1. The highest BCUT2D eigenvalue weighted by molar-refractivity contribution is 9.10. The van der Waals surface area contributed by atoms with Crippen LogP contribution in [0, 0.1) is 5.92 Å². The fraction of sp³-hybridized carbons (Fsp3) is 0.500. The number of Topliss-reactive ketones (excluding diaryl/α,β-unsaturated/α-hetero) is 1. The average molecular weight is 315 g/mol. The van der Waals surface area contributed by atoms with Gasteiger partial charge in [-0.25, -0.2) is 0 Å². The van der Waals surface area contributed by atoms with Crippen molar-refractivity contribution in [2.75, 3.05) is 5.75 Å². The second-order valence-corrected chi connectivity index (χ2v) is 6.93. The Morgan fingerprint density at radius 1 is 1.24 bits per heavy atom. The molecular weight excluding hydrogens is 296 g/mol. The van der Waals surface area contributed by atoms with Crippen LogP contribution in [0.1, 0.15) is 37.6 Å². The van der Waals surface area contributed by atoms with Crippen LogP contribution in [0.4, 0.5) is 0 Å². The van der Waals surface area contributed by atoms with Crippen LogP contribution in [-0.2, 0) is 0 Å². The minimum Gasteiger partial charge on any atom is -0.293 e. The van der Waals surface area contributed by atoms with Crippen LogP contribution in [0.15, 0.2) is 28.7 Å². The van der Waals surface area contributed by atoms with E-state index in [0.717, 1.165) is 15.8 Å². The summed E-state index contributed by atoms with van der Waals surface area (Å²) >= 11 is 5.12. The summed E-state index contributed by atoms with van der Waals surface area (Å²) in [5.41, 5.74) is 0.803. The van der Waals surface area contributed by atoms with Gasteiger partial charge in [-0.05, 0) is 37.1 Å². The SMILES string of the molecule is CC(C)CCSC(C)C(=O)c1ccc(Br)cc1. The second kappa shape index (κ2) is 7.22. The number of carbonyl (C=O) groups is 1. The van der Waals surface area contributed by atoms with E-state index in [1.165, 1.54) is 6.42 Å². The van der Waals surface area contributed by atoms with Crippen molar-refractivity contribution >= 4 is 33.5 Å². The van der Waals surface area contributed by atoms with Crippen molar-refractivity contribution in [1.29, 1.82) is 0 Å². The summed E-state index contributed by atoms with van der Waals surface area (Å²) in [7, 11) is 0. The lowest BCUT2D eigenvalue weighted by molar-refractivity contribution is 0.0994. The standard InChI is InChI=1S/C14H19BrOS/c1-10(2)8-9-17-11(3)14(16)12-4-6-13(15)7-5-12/h4-7,10-11H,8-9H2,1-3H3. The number of hydrogen-bond acceptors (Lipinski definition) is 2. The lowest BCUT2D eigenvalue weighted by Crippen LogP contribution is -2.14. The smallest absolute Gasteiger partial charge is 0.175 e. The van der Waals surface area contributed by atoms with Gasteiger partial charge in [-0.15, -0.1) is 0 Å². The fourth-order valence-electron chi connectivity index (χ4n) is 1.41. The second-order valence-electron chi connectivity index (χ2n) is 4.57. The molecule has 1 unspecified atom stereocenters. The summed E-state index contributed by atoms with van der Waals surface area (Å²) in [6.07, 6.45) is 1.17. The molecule has 0 fully saturated rings. The van der Waals surface area contributed by atoms with E-state index >= 15 is 0 Å². The third-order valence-electron chi connectivity index (χ3n) is 2.56.